The molecular formula is C18H21F3N2O2. The van der Waals surface area contributed by atoms with E-state index >= 15 is 0 Å². The quantitative estimate of drug-likeness (QED) is 0.908. The fraction of sp³-hybridized carbons (Fsp3) is 0.611. The molecule has 1 aromatic rings. The third-order valence-electron chi connectivity index (χ3n) is 5.40. The number of morpholine rings is 1. The molecule has 0 unspecified atom stereocenters. The first kappa shape index (κ1) is 16.8. The molecular weight excluding hydrogens is 333 g/mol. The second kappa shape index (κ2) is 6.29. The maximum atomic E-state index is 12.6. The van der Waals surface area contributed by atoms with Crippen molar-refractivity contribution in [2.24, 2.45) is 5.92 Å². The number of amides is 1. The van der Waals surface area contributed by atoms with Crippen molar-refractivity contribution in [1.29, 1.82) is 0 Å². The van der Waals surface area contributed by atoms with Crippen molar-refractivity contribution < 1.29 is 22.7 Å². The highest BCUT2D eigenvalue weighted by Crippen LogP contribution is 2.38. The molecule has 1 aromatic carbocycles. The lowest BCUT2D eigenvalue weighted by Gasteiger charge is -2.35. The lowest BCUT2D eigenvalue weighted by molar-refractivity contribution is -0.137. The van der Waals surface area contributed by atoms with Crippen molar-refractivity contribution in [3.05, 3.63) is 35.4 Å². The summed E-state index contributed by atoms with van der Waals surface area (Å²) < 4.78 is 43.7. The van der Waals surface area contributed by atoms with Gasteiger partial charge >= 0.3 is 6.18 Å². The molecule has 1 aliphatic carbocycles. The van der Waals surface area contributed by atoms with Crippen LogP contribution >= 0.6 is 0 Å². The summed E-state index contributed by atoms with van der Waals surface area (Å²) >= 11 is 0. The first-order chi connectivity index (χ1) is 11.9. The Morgan fingerprint density at radius 2 is 1.88 bits per heavy atom. The van der Waals surface area contributed by atoms with Crippen LogP contribution in [0, 0.1) is 5.92 Å². The first-order valence-electron chi connectivity index (χ1n) is 8.74. The van der Waals surface area contributed by atoms with Gasteiger partial charge in [0.2, 0.25) is 0 Å². The maximum Gasteiger partial charge on any atom is 0.416 e. The van der Waals surface area contributed by atoms with E-state index in [9.17, 15) is 18.0 Å². The van der Waals surface area contributed by atoms with Gasteiger partial charge in [-0.25, -0.2) is 0 Å². The molecule has 4 nitrogen and oxygen atoms in total. The largest absolute Gasteiger partial charge is 0.416 e. The number of nitrogens with one attached hydrogen (secondary N) is 1. The van der Waals surface area contributed by atoms with Crippen molar-refractivity contribution in [3.63, 3.8) is 0 Å². The maximum absolute atomic E-state index is 12.6. The van der Waals surface area contributed by atoms with Gasteiger partial charge in [0, 0.05) is 30.7 Å². The smallest absolute Gasteiger partial charge is 0.375 e. The second-order valence-electron chi connectivity index (χ2n) is 7.30. The summed E-state index contributed by atoms with van der Waals surface area (Å²) in [6, 6.07) is 4.69. The molecule has 2 saturated heterocycles. The van der Waals surface area contributed by atoms with E-state index in [1.54, 1.807) is 0 Å². The van der Waals surface area contributed by atoms with Gasteiger partial charge in [-0.2, -0.15) is 13.2 Å². The standard InChI is InChI=1S/C18H21F3N2O2/c19-18(20,21)13-5-3-12(4-6-13)17(24)22-14-7-15-10-25-16(11-1-2-11)9-23(15)8-14/h3-6,11,14-16H,1-2,7-10H2,(H,22,24)/t14-,15+,16-/m1/s1. The molecule has 3 atom stereocenters. The van der Waals surface area contributed by atoms with E-state index in [2.05, 4.69) is 10.2 Å². The number of alkyl halides is 3. The molecule has 7 heteroatoms. The van der Waals surface area contributed by atoms with E-state index in [0.717, 1.165) is 31.6 Å². The third-order valence-corrected chi connectivity index (χ3v) is 5.40. The molecule has 0 spiro atoms. The van der Waals surface area contributed by atoms with Crippen molar-refractivity contribution >= 4 is 5.91 Å². The van der Waals surface area contributed by atoms with Gasteiger partial charge in [0.1, 0.15) is 0 Å². The number of hydrogen-bond acceptors (Lipinski definition) is 3. The predicted octanol–water partition coefficient (Wildman–Crippen LogP) is 2.69. The molecule has 0 radical (unpaired) electrons. The highest BCUT2D eigenvalue weighted by molar-refractivity contribution is 5.94. The lowest BCUT2D eigenvalue weighted by atomic mass is 10.1. The summed E-state index contributed by atoms with van der Waals surface area (Å²) in [5.41, 5.74) is -0.490. The molecule has 1 N–H and O–H groups in total. The van der Waals surface area contributed by atoms with E-state index in [0.29, 0.717) is 24.7 Å². The van der Waals surface area contributed by atoms with E-state index in [-0.39, 0.29) is 17.5 Å². The summed E-state index contributed by atoms with van der Waals surface area (Å²) in [5, 5.41) is 2.95. The monoisotopic (exact) mass is 354 g/mol. The molecule has 0 bridgehead atoms. The van der Waals surface area contributed by atoms with Crippen LogP contribution in [0.1, 0.15) is 35.2 Å². The summed E-state index contributed by atoms with van der Waals surface area (Å²) in [7, 11) is 0. The number of rotatable bonds is 3. The van der Waals surface area contributed by atoms with Crippen molar-refractivity contribution in [1.82, 2.24) is 10.2 Å². The lowest BCUT2D eigenvalue weighted by Crippen LogP contribution is -2.47. The average molecular weight is 354 g/mol. The molecule has 136 valence electrons. The SMILES string of the molecule is O=C(N[C@@H]1C[C@H]2CO[C@@H](C3CC3)CN2C1)c1ccc(C(F)(F)F)cc1. The Morgan fingerprint density at radius 3 is 2.52 bits per heavy atom. The van der Waals surface area contributed by atoms with Crippen LogP contribution < -0.4 is 5.32 Å². The van der Waals surface area contributed by atoms with Gasteiger partial charge in [0.25, 0.3) is 5.91 Å². The molecule has 3 fully saturated rings. The van der Waals surface area contributed by atoms with Crippen LogP contribution in [-0.4, -0.2) is 48.7 Å². The molecule has 1 saturated carbocycles. The van der Waals surface area contributed by atoms with Crippen LogP contribution in [0.2, 0.25) is 0 Å². The summed E-state index contributed by atoms with van der Waals surface area (Å²) in [6.45, 7) is 2.40. The van der Waals surface area contributed by atoms with Crippen LogP contribution in [0.3, 0.4) is 0 Å². The summed E-state index contributed by atoms with van der Waals surface area (Å²) in [6.07, 6.45) is -0.750. The van der Waals surface area contributed by atoms with E-state index < -0.39 is 11.7 Å². The number of nitrogens with zero attached hydrogens (tertiary/aromatic N) is 1. The van der Waals surface area contributed by atoms with Gasteiger partial charge in [-0.15, -0.1) is 0 Å². The predicted molar refractivity (Wildman–Crippen MR) is 85.1 cm³/mol. The first-order valence-corrected chi connectivity index (χ1v) is 8.74. The fourth-order valence-electron chi connectivity index (χ4n) is 3.84. The number of ether oxygens (including phenoxy) is 1. The highest BCUT2D eigenvalue weighted by atomic mass is 19.4. The van der Waals surface area contributed by atoms with Gasteiger partial charge in [-0.3, -0.25) is 9.69 Å². The van der Waals surface area contributed by atoms with Crippen LogP contribution in [0.15, 0.2) is 24.3 Å². The molecule has 1 amide bonds. The molecule has 4 rings (SSSR count). The van der Waals surface area contributed by atoms with Crippen molar-refractivity contribution in [2.75, 3.05) is 19.7 Å². The van der Waals surface area contributed by atoms with Crippen LogP contribution in [0.25, 0.3) is 0 Å². The zero-order chi connectivity index (χ0) is 17.6. The van der Waals surface area contributed by atoms with Crippen LogP contribution in [0.4, 0.5) is 13.2 Å². The normalized spacial score (nSPS) is 30.1. The number of carbonyl (C=O) groups excluding carboxylic acids is 1. The number of halogens is 3. The van der Waals surface area contributed by atoms with Gasteiger partial charge in [0.15, 0.2) is 0 Å². The average Bonchev–Trinajstić information content (AvgIpc) is 3.34. The van der Waals surface area contributed by atoms with Crippen molar-refractivity contribution in [3.8, 4) is 0 Å². The van der Waals surface area contributed by atoms with Crippen LogP contribution in [0.5, 0.6) is 0 Å². The van der Waals surface area contributed by atoms with Crippen molar-refractivity contribution in [2.45, 2.75) is 43.6 Å². The van der Waals surface area contributed by atoms with E-state index in [1.807, 2.05) is 0 Å². The number of carbonyl (C=O) groups is 1. The number of benzene rings is 1. The molecule has 2 aliphatic heterocycles. The van der Waals surface area contributed by atoms with Crippen LogP contribution in [-0.2, 0) is 10.9 Å². The van der Waals surface area contributed by atoms with E-state index in [4.69, 9.17) is 4.74 Å². The Bertz CT molecular complexity index is 643. The Labute approximate surface area is 144 Å². The zero-order valence-electron chi connectivity index (χ0n) is 13.8. The Hall–Kier alpha value is -1.60. The minimum Gasteiger partial charge on any atom is -0.375 e. The fourth-order valence-corrected chi connectivity index (χ4v) is 3.84. The molecule has 25 heavy (non-hydrogen) atoms. The van der Waals surface area contributed by atoms with Gasteiger partial charge in [-0.1, -0.05) is 0 Å². The highest BCUT2D eigenvalue weighted by Gasteiger charge is 2.42. The molecule has 0 aromatic heterocycles. The molecule has 2 heterocycles. The Morgan fingerprint density at radius 1 is 1.16 bits per heavy atom. The van der Waals surface area contributed by atoms with Gasteiger partial charge in [0.05, 0.1) is 18.3 Å². The summed E-state index contributed by atoms with van der Waals surface area (Å²) in [4.78, 5) is 14.7. The third kappa shape index (κ3) is 3.67. The minimum atomic E-state index is -4.39. The zero-order valence-corrected chi connectivity index (χ0v) is 13.8. The Balaban J connectivity index is 1.34. The topological polar surface area (TPSA) is 41.6 Å². The number of hydrogen-bond donors (Lipinski definition) is 1. The number of fused-ring (bicyclic) bond motifs is 1. The summed E-state index contributed by atoms with van der Waals surface area (Å²) in [5.74, 6) is 0.375. The Kier molecular flexibility index (Phi) is 4.24. The molecule has 3 aliphatic rings. The van der Waals surface area contributed by atoms with Gasteiger partial charge < -0.3 is 10.1 Å². The van der Waals surface area contributed by atoms with E-state index in [1.165, 1.54) is 25.0 Å². The second-order valence-corrected chi connectivity index (χ2v) is 7.30. The minimum absolute atomic E-state index is 0.0151. The van der Waals surface area contributed by atoms with Gasteiger partial charge in [-0.05, 0) is 49.4 Å².